The maximum absolute atomic E-state index is 12.7. The number of Topliss-reactive ketones (excluding diaryl/α,β-unsaturated/α-hetero) is 1. The van der Waals surface area contributed by atoms with Crippen LogP contribution in [0.4, 0.5) is 0 Å². The van der Waals surface area contributed by atoms with Gasteiger partial charge in [0.05, 0.1) is 10.6 Å². The monoisotopic (exact) mass is 362 g/mol. The molecule has 0 amide bonds. The lowest BCUT2D eigenvalue weighted by molar-refractivity contribution is -0.148. The van der Waals surface area contributed by atoms with E-state index in [1.807, 2.05) is 6.92 Å². The fourth-order valence-corrected chi connectivity index (χ4v) is 5.54. The van der Waals surface area contributed by atoms with Crippen LogP contribution in [0.5, 0.6) is 0 Å². The molecule has 3 atom stereocenters. The predicted molar refractivity (Wildman–Crippen MR) is 92.6 cm³/mol. The van der Waals surface area contributed by atoms with Gasteiger partial charge in [0, 0.05) is 24.8 Å². The number of ether oxygens (including phenoxy) is 1. The molecule has 1 fully saturated rings. The number of rotatable bonds is 4. The van der Waals surface area contributed by atoms with Crippen molar-refractivity contribution in [3.05, 3.63) is 41.5 Å². The van der Waals surface area contributed by atoms with Crippen LogP contribution in [0, 0.1) is 11.8 Å². The Morgan fingerprint density at radius 2 is 1.92 bits per heavy atom. The Morgan fingerprint density at radius 1 is 1.24 bits per heavy atom. The van der Waals surface area contributed by atoms with E-state index in [2.05, 4.69) is 0 Å². The van der Waals surface area contributed by atoms with E-state index in [4.69, 9.17) is 4.74 Å². The summed E-state index contributed by atoms with van der Waals surface area (Å²) >= 11 is 0. The summed E-state index contributed by atoms with van der Waals surface area (Å²) in [6.07, 6.45) is 1.29. The topological polar surface area (TPSA) is 77.5 Å². The summed E-state index contributed by atoms with van der Waals surface area (Å²) in [5.41, 5.74) is 1.27. The van der Waals surface area contributed by atoms with Gasteiger partial charge in [0.2, 0.25) is 0 Å². The van der Waals surface area contributed by atoms with Gasteiger partial charge in [-0.15, -0.1) is 0 Å². The van der Waals surface area contributed by atoms with Gasteiger partial charge in [0.25, 0.3) is 0 Å². The van der Waals surface area contributed by atoms with Crippen LogP contribution in [0.2, 0.25) is 0 Å². The Kier molecular flexibility index (Phi) is 4.82. The minimum Gasteiger partial charge on any atom is -0.462 e. The fourth-order valence-electron chi connectivity index (χ4n) is 4.07. The molecule has 3 rings (SSSR count). The number of benzene rings is 1. The van der Waals surface area contributed by atoms with Crippen LogP contribution in [0.1, 0.15) is 33.1 Å². The quantitative estimate of drug-likeness (QED) is 0.770. The van der Waals surface area contributed by atoms with Crippen LogP contribution in [0.15, 0.2) is 46.4 Å². The lowest BCUT2D eigenvalue weighted by atomic mass is 9.76. The predicted octanol–water partition coefficient (Wildman–Crippen LogP) is 2.71. The Morgan fingerprint density at radius 3 is 2.56 bits per heavy atom. The van der Waals surface area contributed by atoms with E-state index in [9.17, 15) is 18.0 Å². The number of fused-ring (bicyclic) bond motifs is 1. The van der Waals surface area contributed by atoms with Crippen LogP contribution in [0.25, 0.3) is 0 Å². The second-order valence-corrected chi connectivity index (χ2v) is 8.88. The third-order valence-corrected chi connectivity index (χ3v) is 6.76. The van der Waals surface area contributed by atoms with Gasteiger partial charge in [-0.25, -0.2) is 8.42 Å². The number of ketones is 1. The maximum Gasteiger partial charge on any atom is 0.302 e. The molecule has 0 aromatic heterocycles. The van der Waals surface area contributed by atoms with Crippen LogP contribution < -0.4 is 0 Å². The SMILES string of the molecule is CC(=O)O[C@H]1CCC2=C(CS(=O)(=O)c3ccccc3)C(=O)C[C@@H](C)C21. The average molecular weight is 362 g/mol. The molecule has 1 saturated carbocycles. The van der Waals surface area contributed by atoms with E-state index < -0.39 is 9.84 Å². The molecule has 1 aromatic rings. The summed E-state index contributed by atoms with van der Waals surface area (Å²) in [6, 6.07) is 8.19. The van der Waals surface area contributed by atoms with E-state index in [1.165, 1.54) is 6.92 Å². The molecule has 0 heterocycles. The zero-order valence-electron chi connectivity index (χ0n) is 14.4. The zero-order valence-corrected chi connectivity index (χ0v) is 15.2. The second-order valence-electron chi connectivity index (χ2n) is 6.89. The van der Waals surface area contributed by atoms with Gasteiger partial charge >= 0.3 is 5.97 Å². The molecule has 2 aliphatic carbocycles. The third-order valence-electron chi connectivity index (χ3n) is 5.10. The lowest BCUT2D eigenvalue weighted by Gasteiger charge is -2.31. The highest BCUT2D eigenvalue weighted by atomic mass is 32.2. The van der Waals surface area contributed by atoms with Gasteiger partial charge in [-0.2, -0.15) is 0 Å². The van der Waals surface area contributed by atoms with Crippen molar-refractivity contribution in [2.24, 2.45) is 11.8 Å². The van der Waals surface area contributed by atoms with E-state index in [0.29, 0.717) is 24.8 Å². The van der Waals surface area contributed by atoms with Crippen molar-refractivity contribution in [2.75, 3.05) is 5.75 Å². The molecule has 0 radical (unpaired) electrons. The minimum absolute atomic E-state index is 0.0532. The van der Waals surface area contributed by atoms with E-state index in [1.54, 1.807) is 30.3 Å². The number of hydrogen-bond acceptors (Lipinski definition) is 5. The smallest absolute Gasteiger partial charge is 0.302 e. The molecule has 0 bridgehead atoms. The van der Waals surface area contributed by atoms with Crippen molar-refractivity contribution in [1.29, 1.82) is 0 Å². The normalized spacial score (nSPS) is 26.5. The second kappa shape index (κ2) is 6.75. The van der Waals surface area contributed by atoms with Crippen LogP contribution >= 0.6 is 0 Å². The van der Waals surface area contributed by atoms with Gasteiger partial charge in [0.1, 0.15) is 6.10 Å². The van der Waals surface area contributed by atoms with Crippen molar-refractivity contribution >= 4 is 21.6 Å². The van der Waals surface area contributed by atoms with Crippen LogP contribution in [-0.4, -0.2) is 32.0 Å². The molecular formula is C19H22O5S. The highest BCUT2D eigenvalue weighted by molar-refractivity contribution is 7.91. The first-order valence-corrected chi connectivity index (χ1v) is 10.1. The molecule has 0 spiro atoms. The van der Waals surface area contributed by atoms with Crippen molar-refractivity contribution < 1.29 is 22.7 Å². The number of esters is 1. The van der Waals surface area contributed by atoms with Crippen molar-refractivity contribution in [1.82, 2.24) is 0 Å². The van der Waals surface area contributed by atoms with Crippen molar-refractivity contribution in [2.45, 2.75) is 44.1 Å². The standard InChI is InChI=1S/C19H22O5S/c1-12-10-17(21)16(11-25(22,23)14-6-4-3-5-7-14)15-8-9-18(19(12)15)24-13(2)20/h3-7,12,18-19H,8-11H2,1-2H3/t12-,18+,19?/m1/s1. The van der Waals surface area contributed by atoms with Crippen molar-refractivity contribution in [3.63, 3.8) is 0 Å². The summed E-state index contributed by atoms with van der Waals surface area (Å²) in [7, 11) is -3.58. The Hall–Kier alpha value is -1.95. The Labute approximate surface area is 148 Å². The van der Waals surface area contributed by atoms with E-state index >= 15 is 0 Å². The first-order valence-electron chi connectivity index (χ1n) is 8.49. The summed E-state index contributed by atoms with van der Waals surface area (Å²) < 4.78 is 30.8. The zero-order chi connectivity index (χ0) is 18.2. The Balaban J connectivity index is 1.95. The summed E-state index contributed by atoms with van der Waals surface area (Å²) in [4.78, 5) is 24.1. The molecule has 6 heteroatoms. The molecule has 0 N–H and O–H groups in total. The van der Waals surface area contributed by atoms with Crippen LogP contribution in [-0.2, 0) is 24.2 Å². The molecule has 25 heavy (non-hydrogen) atoms. The number of carbonyl (C=O) groups excluding carboxylic acids is 2. The number of hydrogen-bond donors (Lipinski definition) is 0. The average Bonchev–Trinajstić information content (AvgIpc) is 2.95. The highest BCUT2D eigenvalue weighted by Gasteiger charge is 2.44. The molecule has 2 aliphatic rings. The molecule has 1 aromatic carbocycles. The fraction of sp³-hybridized carbons (Fsp3) is 0.474. The van der Waals surface area contributed by atoms with E-state index in [0.717, 1.165) is 5.57 Å². The Bertz CT molecular complexity index is 823. The van der Waals surface area contributed by atoms with Crippen LogP contribution in [0.3, 0.4) is 0 Å². The lowest BCUT2D eigenvalue weighted by Crippen LogP contribution is -2.34. The maximum atomic E-state index is 12.7. The first kappa shape index (κ1) is 17.9. The third kappa shape index (κ3) is 3.54. The molecule has 1 unspecified atom stereocenters. The largest absolute Gasteiger partial charge is 0.462 e. The van der Waals surface area contributed by atoms with Gasteiger partial charge in [-0.1, -0.05) is 30.7 Å². The van der Waals surface area contributed by atoms with Gasteiger partial charge in [-0.3, -0.25) is 9.59 Å². The summed E-state index contributed by atoms with van der Waals surface area (Å²) in [5.74, 6) is -0.711. The highest BCUT2D eigenvalue weighted by Crippen LogP contribution is 2.45. The summed E-state index contributed by atoms with van der Waals surface area (Å²) in [6.45, 7) is 3.34. The minimum atomic E-state index is -3.58. The van der Waals surface area contributed by atoms with Gasteiger partial charge in [-0.05, 0) is 30.9 Å². The van der Waals surface area contributed by atoms with E-state index in [-0.39, 0.29) is 40.3 Å². The molecule has 134 valence electrons. The number of carbonyl (C=O) groups is 2. The van der Waals surface area contributed by atoms with Crippen molar-refractivity contribution in [3.8, 4) is 0 Å². The molecule has 0 saturated heterocycles. The molecular weight excluding hydrogens is 340 g/mol. The molecule has 5 nitrogen and oxygen atoms in total. The molecule has 0 aliphatic heterocycles. The number of sulfone groups is 1. The van der Waals surface area contributed by atoms with Gasteiger partial charge in [0.15, 0.2) is 15.6 Å². The van der Waals surface area contributed by atoms with Gasteiger partial charge < -0.3 is 4.74 Å². The first-order chi connectivity index (χ1) is 11.8. The summed E-state index contributed by atoms with van der Waals surface area (Å²) in [5, 5.41) is 0.